The molecule has 1 atom stereocenters. The lowest BCUT2D eigenvalue weighted by Crippen LogP contribution is -2.30. The summed E-state index contributed by atoms with van der Waals surface area (Å²) in [6.45, 7) is 3.50. The Morgan fingerprint density at radius 1 is 0.818 bits per heavy atom. The summed E-state index contributed by atoms with van der Waals surface area (Å²) in [6, 6.07) is 32.2. The van der Waals surface area contributed by atoms with Crippen LogP contribution in [0.3, 0.4) is 0 Å². The van der Waals surface area contributed by atoms with Crippen molar-refractivity contribution in [2.45, 2.75) is 30.4 Å². The van der Waals surface area contributed by atoms with Crippen LogP contribution in [0.4, 0.5) is 16.4 Å². The molecule has 0 aliphatic carbocycles. The van der Waals surface area contributed by atoms with Crippen molar-refractivity contribution in [3.05, 3.63) is 148 Å². The number of aromatic amines is 1. The maximum atomic E-state index is 13.8. The summed E-state index contributed by atoms with van der Waals surface area (Å²) in [5, 5.41) is 11.8. The third-order valence-electron chi connectivity index (χ3n) is 8.49. The van der Waals surface area contributed by atoms with Crippen LogP contribution in [0, 0.1) is 6.92 Å². The minimum atomic E-state index is -0.676. The molecule has 1 unspecified atom stereocenters. The summed E-state index contributed by atoms with van der Waals surface area (Å²) in [6.07, 6.45) is 3.82. The van der Waals surface area contributed by atoms with E-state index in [9.17, 15) is 24.0 Å². The number of amides is 4. The molecule has 0 fully saturated rings. The van der Waals surface area contributed by atoms with Gasteiger partial charge in [-0.2, -0.15) is 0 Å². The van der Waals surface area contributed by atoms with E-state index in [0.29, 0.717) is 33.8 Å². The second-order valence-corrected chi connectivity index (χ2v) is 14.5. The summed E-state index contributed by atoms with van der Waals surface area (Å²) >= 11 is 2.27. The summed E-state index contributed by atoms with van der Waals surface area (Å²) in [5.41, 5.74) is 3.56. The minimum absolute atomic E-state index is 0.0342. The maximum Gasteiger partial charge on any atom is 0.341 e. The Balaban J connectivity index is 1.19. The Kier molecular flexibility index (Phi) is 12.2. The first-order valence-electron chi connectivity index (χ1n) is 17.3. The molecule has 0 bridgehead atoms. The number of carbonyl (C=O) groups excluding carboxylic acids is 5. The van der Waals surface area contributed by atoms with Crippen molar-refractivity contribution in [1.29, 1.82) is 0 Å². The first kappa shape index (κ1) is 38.3. The van der Waals surface area contributed by atoms with Crippen LogP contribution in [-0.4, -0.2) is 46.9 Å². The predicted octanol–water partition coefficient (Wildman–Crippen LogP) is 8.50. The Morgan fingerprint density at radius 3 is 2.24 bits per heavy atom. The van der Waals surface area contributed by atoms with E-state index in [4.69, 9.17) is 4.74 Å². The third kappa shape index (κ3) is 9.21. The van der Waals surface area contributed by atoms with E-state index >= 15 is 0 Å². The van der Waals surface area contributed by atoms with Crippen molar-refractivity contribution in [2.75, 3.05) is 23.1 Å². The van der Waals surface area contributed by atoms with Crippen LogP contribution in [0.1, 0.15) is 54.9 Å². The molecule has 0 aliphatic heterocycles. The molecule has 2 heterocycles. The highest BCUT2D eigenvalue weighted by Crippen LogP contribution is 2.36. The number of hydrogen-bond acceptors (Lipinski definition) is 8. The molecule has 0 saturated carbocycles. The lowest BCUT2D eigenvalue weighted by atomic mass is 10.1. The standard InChI is InChI=1S/C42H37N5O6S2/c1-4-34(39(50)47-41-35(42(52)53-3)25(2)36(55-41)40(51)44-28-16-9-6-10-17-28)54-30-19-13-18-29(23-30)45-38(49)33(46-37(48)26-14-7-5-8-15-26)22-27-24-43-32-21-12-11-20-31(27)32/h5-24,34,43H,4H2,1-3H3,(H,44,51)(H,45,49)(H,46,48)(H,47,50)/b33-22-. The highest BCUT2D eigenvalue weighted by atomic mass is 32.2. The second-order valence-electron chi connectivity index (χ2n) is 12.2. The molecule has 0 spiro atoms. The Morgan fingerprint density at radius 2 is 1.51 bits per heavy atom. The van der Waals surface area contributed by atoms with Crippen LogP contribution in [0.15, 0.2) is 126 Å². The average Bonchev–Trinajstić information content (AvgIpc) is 3.76. The predicted molar refractivity (Wildman–Crippen MR) is 219 cm³/mol. The van der Waals surface area contributed by atoms with Crippen LogP contribution >= 0.6 is 23.1 Å². The van der Waals surface area contributed by atoms with Crippen molar-refractivity contribution < 1.29 is 28.7 Å². The van der Waals surface area contributed by atoms with Crippen molar-refractivity contribution in [1.82, 2.24) is 10.3 Å². The quantitative estimate of drug-likeness (QED) is 0.0448. The van der Waals surface area contributed by atoms with Crippen LogP contribution < -0.4 is 21.3 Å². The molecule has 0 saturated heterocycles. The number of rotatable bonds is 13. The number of thioether (sulfide) groups is 1. The van der Waals surface area contributed by atoms with Gasteiger partial charge in [0.1, 0.15) is 10.7 Å². The van der Waals surface area contributed by atoms with E-state index in [2.05, 4.69) is 26.3 Å². The van der Waals surface area contributed by atoms with Crippen molar-refractivity contribution in [3.8, 4) is 0 Å². The van der Waals surface area contributed by atoms with Crippen molar-refractivity contribution in [2.24, 2.45) is 0 Å². The molecule has 278 valence electrons. The first-order chi connectivity index (χ1) is 26.6. The molecule has 6 rings (SSSR count). The van der Waals surface area contributed by atoms with Gasteiger partial charge in [-0.1, -0.05) is 67.6 Å². The Hall–Kier alpha value is -6.44. The molecule has 55 heavy (non-hydrogen) atoms. The lowest BCUT2D eigenvalue weighted by molar-refractivity contribution is -0.116. The van der Waals surface area contributed by atoms with E-state index in [1.165, 1.54) is 18.9 Å². The smallest absolute Gasteiger partial charge is 0.341 e. The molecular weight excluding hydrogens is 735 g/mol. The fraction of sp³-hybridized carbons (Fsp3) is 0.119. The lowest BCUT2D eigenvalue weighted by Gasteiger charge is -2.16. The normalized spacial score (nSPS) is 11.7. The van der Waals surface area contributed by atoms with Gasteiger partial charge in [0.05, 0.1) is 22.8 Å². The summed E-state index contributed by atoms with van der Waals surface area (Å²) in [5.74, 6) is -2.46. The van der Waals surface area contributed by atoms with Crippen LogP contribution in [0.2, 0.25) is 0 Å². The largest absolute Gasteiger partial charge is 0.465 e. The molecule has 6 aromatic rings. The average molecular weight is 772 g/mol. The highest BCUT2D eigenvalue weighted by molar-refractivity contribution is 8.00. The van der Waals surface area contributed by atoms with Crippen LogP contribution in [0.5, 0.6) is 0 Å². The molecule has 5 N–H and O–H groups in total. The third-order valence-corrected chi connectivity index (χ3v) is 11.1. The molecule has 2 aromatic heterocycles. The number of hydrogen-bond donors (Lipinski definition) is 5. The van der Waals surface area contributed by atoms with Gasteiger partial charge in [-0.3, -0.25) is 19.2 Å². The number of benzene rings is 4. The number of esters is 1. The van der Waals surface area contributed by atoms with Crippen LogP contribution in [-0.2, 0) is 14.3 Å². The second kappa shape index (κ2) is 17.6. The van der Waals surface area contributed by atoms with Gasteiger partial charge in [0, 0.05) is 44.5 Å². The summed E-state index contributed by atoms with van der Waals surface area (Å²) < 4.78 is 5.00. The topological polar surface area (TPSA) is 158 Å². The van der Waals surface area contributed by atoms with E-state index in [1.807, 2.05) is 43.3 Å². The zero-order valence-electron chi connectivity index (χ0n) is 30.1. The zero-order chi connectivity index (χ0) is 38.9. The SMILES string of the molecule is CCC(Sc1cccc(NC(=O)/C(=C/c2c[nH]c3ccccc23)NC(=O)c2ccccc2)c1)C(=O)Nc1sc(C(=O)Nc2ccccc2)c(C)c1C(=O)OC. The number of carbonyl (C=O) groups is 5. The fourth-order valence-electron chi connectivity index (χ4n) is 5.71. The number of thiophene rings is 1. The van der Waals surface area contributed by atoms with Gasteiger partial charge in [-0.05, 0) is 73.5 Å². The maximum absolute atomic E-state index is 13.8. The number of anilines is 3. The molecule has 4 aromatic carbocycles. The number of methoxy groups -OCH3 is 1. The number of ether oxygens (including phenoxy) is 1. The molecule has 11 nitrogen and oxygen atoms in total. The molecule has 0 radical (unpaired) electrons. The molecule has 4 amide bonds. The Bertz CT molecular complexity index is 2410. The summed E-state index contributed by atoms with van der Waals surface area (Å²) in [4.78, 5) is 70.9. The van der Waals surface area contributed by atoms with Crippen molar-refractivity contribution in [3.63, 3.8) is 0 Å². The van der Waals surface area contributed by atoms with E-state index in [0.717, 1.165) is 27.8 Å². The van der Waals surface area contributed by atoms with Gasteiger partial charge >= 0.3 is 5.97 Å². The fourth-order valence-corrected chi connectivity index (χ4v) is 7.82. The molecule has 0 aliphatic rings. The van der Waals surface area contributed by atoms with Gasteiger partial charge in [-0.15, -0.1) is 23.1 Å². The Labute approximate surface area is 325 Å². The van der Waals surface area contributed by atoms with Gasteiger partial charge in [0.15, 0.2) is 0 Å². The highest BCUT2D eigenvalue weighted by Gasteiger charge is 2.28. The number of nitrogens with one attached hydrogen (secondary N) is 5. The van der Waals surface area contributed by atoms with Crippen molar-refractivity contribution >= 4 is 86.1 Å². The van der Waals surface area contributed by atoms with E-state index in [-0.39, 0.29) is 27.0 Å². The van der Waals surface area contributed by atoms with Gasteiger partial charge in [-0.25, -0.2) is 4.79 Å². The van der Waals surface area contributed by atoms with Gasteiger partial charge < -0.3 is 31.0 Å². The van der Waals surface area contributed by atoms with Gasteiger partial charge in [0.25, 0.3) is 17.7 Å². The van der Waals surface area contributed by atoms with E-state index in [1.54, 1.807) is 92.0 Å². The molecule has 13 heteroatoms. The number of aromatic nitrogens is 1. The monoisotopic (exact) mass is 771 g/mol. The van der Waals surface area contributed by atoms with E-state index < -0.39 is 28.9 Å². The summed E-state index contributed by atoms with van der Waals surface area (Å²) in [7, 11) is 1.24. The van der Waals surface area contributed by atoms with Crippen LogP contribution in [0.25, 0.3) is 17.0 Å². The molecular formula is C42H37N5O6S2. The zero-order valence-corrected chi connectivity index (χ0v) is 31.7. The van der Waals surface area contributed by atoms with Gasteiger partial charge in [0.2, 0.25) is 5.91 Å². The number of fused-ring (bicyclic) bond motifs is 1. The number of para-hydroxylation sites is 2. The first-order valence-corrected chi connectivity index (χ1v) is 19.0. The number of H-pyrrole nitrogens is 1. The minimum Gasteiger partial charge on any atom is -0.465 e.